The third-order valence-electron chi connectivity index (χ3n) is 3.83. The summed E-state index contributed by atoms with van der Waals surface area (Å²) in [5.41, 5.74) is 6.17. The average molecular weight is 334 g/mol. The number of morpholine rings is 1. The summed E-state index contributed by atoms with van der Waals surface area (Å²) in [5.74, 6) is 0. The molecule has 5 nitrogen and oxygen atoms in total. The predicted molar refractivity (Wildman–Crippen MR) is 99.0 cm³/mol. The van der Waals surface area contributed by atoms with Crippen LogP contribution in [0.1, 0.15) is 24.5 Å². The topological polar surface area (TPSA) is 48.9 Å². The Labute approximate surface area is 144 Å². The minimum absolute atomic E-state index is 0.568. The summed E-state index contributed by atoms with van der Waals surface area (Å²) in [6.07, 6.45) is 1.06. The van der Waals surface area contributed by atoms with Crippen LogP contribution in [0.15, 0.2) is 29.4 Å². The summed E-state index contributed by atoms with van der Waals surface area (Å²) in [4.78, 5) is 2.42. The van der Waals surface area contributed by atoms with Gasteiger partial charge in [-0.15, -0.1) is 0 Å². The maximum Gasteiger partial charge on any atom is 0.186 e. The first kappa shape index (κ1) is 17.8. The number of nitrogens with zero attached hydrogens (tertiary/aromatic N) is 2. The Hall–Kier alpha value is -1.50. The highest BCUT2D eigenvalue weighted by Crippen LogP contribution is 2.04. The maximum absolute atomic E-state index is 5.34. The molecule has 0 amide bonds. The van der Waals surface area contributed by atoms with Crippen LogP contribution in [0.5, 0.6) is 0 Å². The van der Waals surface area contributed by atoms with Crippen LogP contribution in [0.25, 0.3) is 0 Å². The van der Waals surface area contributed by atoms with Crippen LogP contribution < -0.4 is 10.7 Å². The fourth-order valence-electron chi connectivity index (χ4n) is 2.36. The fourth-order valence-corrected chi connectivity index (χ4v) is 2.51. The van der Waals surface area contributed by atoms with Gasteiger partial charge in [0.2, 0.25) is 0 Å². The molecule has 0 atom stereocenters. The molecule has 0 radical (unpaired) electrons. The fraction of sp³-hybridized carbons (Fsp3) is 0.529. The number of hydrogen-bond donors (Lipinski definition) is 2. The summed E-state index contributed by atoms with van der Waals surface area (Å²) >= 11 is 5.25. The lowest BCUT2D eigenvalue weighted by Crippen LogP contribution is -2.39. The molecule has 0 aliphatic carbocycles. The van der Waals surface area contributed by atoms with Crippen molar-refractivity contribution in [1.29, 1.82) is 0 Å². The second-order valence-electron chi connectivity index (χ2n) is 5.74. The van der Waals surface area contributed by atoms with E-state index in [1.807, 2.05) is 6.92 Å². The minimum Gasteiger partial charge on any atom is -0.379 e. The van der Waals surface area contributed by atoms with Gasteiger partial charge < -0.3 is 10.1 Å². The van der Waals surface area contributed by atoms with Gasteiger partial charge in [0.1, 0.15) is 0 Å². The van der Waals surface area contributed by atoms with Gasteiger partial charge in [0.05, 0.1) is 18.9 Å². The zero-order chi connectivity index (χ0) is 16.5. The van der Waals surface area contributed by atoms with Crippen molar-refractivity contribution < 1.29 is 4.74 Å². The second-order valence-corrected chi connectivity index (χ2v) is 6.15. The van der Waals surface area contributed by atoms with E-state index in [4.69, 9.17) is 17.0 Å². The molecule has 6 heteroatoms. The van der Waals surface area contributed by atoms with Crippen molar-refractivity contribution in [3.05, 3.63) is 35.4 Å². The number of aryl methyl sites for hydroxylation is 1. The van der Waals surface area contributed by atoms with Crippen molar-refractivity contribution in [1.82, 2.24) is 15.6 Å². The molecule has 2 N–H and O–H groups in total. The largest absolute Gasteiger partial charge is 0.379 e. The van der Waals surface area contributed by atoms with Gasteiger partial charge in [-0.3, -0.25) is 10.3 Å². The Bertz CT molecular complexity index is 524. The smallest absolute Gasteiger partial charge is 0.186 e. The van der Waals surface area contributed by atoms with Gasteiger partial charge in [-0.25, -0.2) is 0 Å². The van der Waals surface area contributed by atoms with E-state index in [0.29, 0.717) is 5.11 Å². The predicted octanol–water partition coefficient (Wildman–Crippen LogP) is 1.91. The van der Waals surface area contributed by atoms with Crippen LogP contribution in [-0.2, 0) is 4.74 Å². The van der Waals surface area contributed by atoms with Crippen molar-refractivity contribution in [2.75, 3.05) is 39.4 Å². The van der Waals surface area contributed by atoms with E-state index in [0.717, 1.165) is 57.1 Å². The van der Waals surface area contributed by atoms with E-state index in [1.165, 1.54) is 5.56 Å². The molecule has 1 aliphatic heterocycles. The molecular weight excluding hydrogens is 308 g/mol. The van der Waals surface area contributed by atoms with Crippen LogP contribution >= 0.6 is 12.2 Å². The summed E-state index contributed by atoms with van der Waals surface area (Å²) in [5, 5.41) is 8.09. The van der Waals surface area contributed by atoms with Crippen LogP contribution in [0.2, 0.25) is 0 Å². The van der Waals surface area contributed by atoms with E-state index >= 15 is 0 Å². The molecule has 1 saturated heterocycles. The van der Waals surface area contributed by atoms with Crippen molar-refractivity contribution in [3.8, 4) is 0 Å². The zero-order valence-electron chi connectivity index (χ0n) is 14.0. The Balaban J connectivity index is 1.64. The van der Waals surface area contributed by atoms with Crippen molar-refractivity contribution in [2.24, 2.45) is 5.10 Å². The Morgan fingerprint density at radius 2 is 1.96 bits per heavy atom. The summed E-state index contributed by atoms with van der Waals surface area (Å²) in [6, 6.07) is 8.29. The van der Waals surface area contributed by atoms with Gasteiger partial charge in [-0.2, -0.15) is 5.10 Å². The SMILES string of the molecule is C/C(=N/NC(=S)NCCCN1CCOCC1)c1ccc(C)cc1. The number of rotatable bonds is 6. The van der Waals surface area contributed by atoms with Gasteiger partial charge in [-0.05, 0) is 44.6 Å². The van der Waals surface area contributed by atoms with E-state index in [1.54, 1.807) is 0 Å². The molecule has 1 heterocycles. The van der Waals surface area contributed by atoms with Crippen molar-refractivity contribution in [3.63, 3.8) is 0 Å². The Morgan fingerprint density at radius 3 is 2.65 bits per heavy atom. The molecule has 1 fully saturated rings. The lowest BCUT2D eigenvalue weighted by atomic mass is 10.1. The third-order valence-corrected chi connectivity index (χ3v) is 4.07. The van der Waals surface area contributed by atoms with Crippen LogP contribution in [0.4, 0.5) is 0 Å². The minimum atomic E-state index is 0.568. The average Bonchev–Trinajstić information content (AvgIpc) is 2.58. The molecule has 2 rings (SSSR count). The number of hydrogen-bond acceptors (Lipinski definition) is 4. The number of benzene rings is 1. The number of nitrogens with one attached hydrogen (secondary N) is 2. The standard InChI is InChI=1S/C17H26N4OS/c1-14-4-6-16(7-5-14)15(2)19-20-17(23)18-8-3-9-21-10-12-22-13-11-21/h4-7H,3,8-13H2,1-2H3,(H2,18,20,23)/b19-15-. The monoisotopic (exact) mass is 334 g/mol. The molecular formula is C17H26N4OS. The van der Waals surface area contributed by atoms with Gasteiger partial charge in [0.15, 0.2) is 5.11 Å². The second kappa shape index (κ2) is 9.60. The van der Waals surface area contributed by atoms with E-state index < -0.39 is 0 Å². The summed E-state index contributed by atoms with van der Waals surface area (Å²) in [7, 11) is 0. The molecule has 1 aromatic rings. The molecule has 0 aromatic heterocycles. The van der Waals surface area contributed by atoms with Gasteiger partial charge in [0.25, 0.3) is 0 Å². The Kier molecular flexibility index (Phi) is 7.45. The maximum atomic E-state index is 5.34. The quantitative estimate of drug-likeness (QED) is 0.360. The van der Waals surface area contributed by atoms with Crippen molar-refractivity contribution >= 4 is 23.0 Å². The van der Waals surface area contributed by atoms with E-state index in [9.17, 15) is 0 Å². The van der Waals surface area contributed by atoms with Crippen molar-refractivity contribution in [2.45, 2.75) is 20.3 Å². The molecule has 1 aromatic carbocycles. The first-order valence-corrected chi connectivity index (χ1v) is 8.51. The lowest BCUT2D eigenvalue weighted by Gasteiger charge is -2.26. The highest BCUT2D eigenvalue weighted by molar-refractivity contribution is 7.80. The first-order valence-electron chi connectivity index (χ1n) is 8.10. The third kappa shape index (κ3) is 6.64. The van der Waals surface area contributed by atoms with Crippen LogP contribution in [0, 0.1) is 6.92 Å². The lowest BCUT2D eigenvalue weighted by molar-refractivity contribution is 0.0376. The highest BCUT2D eigenvalue weighted by Gasteiger charge is 2.09. The zero-order valence-corrected chi connectivity index (χ0v) is 14.8. The molecule has 126 valence electrons. The molecule has 0 bridgehead atoms. The van der Waals surface area contributed by atoms with E-state index in [2.05, 4.69) is 51.9 Å². The Morgan fingerprint density at radius 1 is 1.26 bits per heavy atom. The first-order chi connectivity index (χ1) is 11.1. The summed E-state index contributed by atoms with van der Waals surface area (Å²) < 4.78 is 5.34. The normalized spacial score (nSPS) is 16.2. The molecule has 0 spiro atoms. The number of ether oxygens (including phenoxy) is 1. The summed E-state index contributed by atoms with van der Waals surface area (Å²) in [6.45, 7) is 9.72. The van der Waals surface area contributed by atoms with Gasteiger partial charge >= 0.3 is 0 Å². The van der Waals surface area contributed by atoms with E-state index in [-0.39, 0.29) is 0 Å². The molecule has 0 unspecified atom stereocenters. The molecule has 1 aliphatic rings. The van der Waals surface area contributed by atoms with Crippen LogP contribution in [-0.4, -0.2) is 55.1 Å². The molecule has 23 heavy (non-hydrogen) atoms. The van der Waals surface area contributed by atoms with Crippen LogP contribution in [0.3, 0.4) is 0 Å². The number of thiocarbonyl (C=S) groups is 1. The molecule has 0 saturated carbocycles. The van der Waals surface area contributed by atoms with Gasteiger partial charge in [-0.1, -0.05) is 29.8 Å². The highest BCUT2D eigenvalue weighted by atomic mass is 32.1. The van der Waals surface area contributed by atoms with Gasteiger partial charge in [0, 0.05) is 19.6 Å². The number of hydrazone groups is 1.